The lowest BCUT2D eigenvalue weighted by atomic mass is 9.78. The Hall–Kier alpha value is -1.34. The van der Waals surface area contributed by atoms with E-state index in [1.807, 2.05) is 18.3 Å². The van der Waals surface area contributed by atoms with Gasteiger partial charge >= 0.3 is 0 Å². The Labute approximate surface area is 145 Å². The molecule has 2 aromatic rings. The number of rotatable bonds is 5. The SMILES string of the molecule is CCC1CCC(CCc2ccc(-c3ccc(Cl)nc3)cc2)CC1. The molecule has 0 radical (unpaired) electrons. The van der Waals surface area contributed by atoms with Crippen molar-refractivity contribution in [3.05, 3.63) is 53.3 Å². The van der Waals surface area contributed by atoms with Crippen LogP contribution in [0.1, 0.15) is 51.0 Å². The first kappa shape index (κ1) is 16.5. The van der Waals surface area contributed by atoms with Crippen molar-refractivity contribution in [3.8, 4) is 11.1 Å². The fourth-order valence-electron chi connectivity index (χ4n) is 3.71. The highest BCUT2D eigenvalue weighted by Crippen LogP contribution is 2.33. The zero-order chi connectivity index (χ0) is 16.1. The minimum Gasteiger partial charge on any atom is -0.244 e. The van der Waals surface area contributed by atoms with E-state index in [1.54, 1.807) is 0 Å². The Morgan fingerprint density at radius 1 is 0.913 bits per heavy atom. The molecule has 122 valence electrons. The molecule has 0 N–H and O–H groups in total. The number of hydrogen-bond acceptors (Lipinski definition) is 1. The van der Waals surface area contributed by atoms with Crippen molar-refractivity contribution < 1.29 is 0 Å². The summed E-state index contributed by atoms with van der Waals surface area (Å²) in [4.78, 5) is 4.15. The third kappa shape index (κ3) is 4.57. The Kier molecular flexibility index (Phi) is 5.72. The molecule has 1 aromatic carbocycles. The van der Waals surface area contributed by atoms with Crippen molar-refractivity contribution in [1.82, 2.24) is 4.98 Å². The highest BCUT2D eigenvalue weighted by atomic mass is 35.5. The fourth-order valence-corrected chi connectivity index (χ4v) is 3.82. The molecule has 1 saturated carbocycles. The van der Waals surface area contributed by atoms with Gasteiger partial charge in [-0.25, -0.2) is 4.98 Å². The van der Waals surface area contributed by atoms with Crippen LogP contribution >= 0.6 is 11.6 Å². The standard InChI is InChI=1S/C21H26ClN/c1-2-16-3-5-17(6-4-16)7-8-18-9-11-19(12-10-18)20-13-14-21(22)23-15-20/h9-17H,2-8H2,1H3. The summed E-state index contributed by atoms with van der Waals surface area (Å²) >= 11 is 5.85. The van der Waals surface area contributed by atoms with E-state index in [9.17, 15) is 0 Å². The fraction of sp³-hybridized carbons (Fsp3) is 0.476. The zero-order valence-corrected chi connectivity index (χ0v) is 14.7. The smallest absolute Gasteiger partial charge is 0.129 e. The monoisotopic (exact) mass is 327 g/mol. The molecule has 1 nitrogen and oxygen atoms in total. The molecule has 1 heterocycles. The van der Waals surface area contributed by atoms with E-state index in [-0.39, 0.29) is 0 Å². The van der Waals surface area contributed by atoms with Crippen LogP contribution in [0.4, 0.5) is 0 Å². The van der Waals surface area contributed by atoms with E-state index in [0.717, 1.165) is 17.4 Å². The average Bonchev–Trinajstić information content (AvgIpc) is 2.61. The predicted octanol–water partition coefficient (Wildman–Crippen LogP) is 6.55. The molecule has 3 rings (SSSR count). The molecule has 0 bridgehead atoms. The lowest BCUT2D eigenvalue weighted by Crippen LogP contribution is -2.14. The van der Waals surface area contributed by atoms with Crippen LogP contribution in [0.2, 0.25) is 5.15 Å². The quantitative estimate of drug-likeness (QED) is 0.567. The van der Waals surface area contributed by atoms with Gasteiger partial charge in [0.25, 0.3) is 0 Å². The Morgan fingerprint density at radius 2 is 1.57 bits per heavy atom. The molecule has 0 amide bonds. The second-order valence-corrected chi connectivity index (χ2v) is 7.29. The van der Waals surface area contributed by atoms with Crippen molar-refractivity contribution in [3.63, 3.8) is 0 Å². The summed E-state index contributed by atoms with van der Waals surface area (Å²) in [7, 11) is 0. The van der Waals surface area contributed by atoms with E-state index in [4.69, 9.17) is 11.6 Å². The first-order valence-corrected chi connectivity index (χ1v) is 9.33. The second-order valence-electron chi connectivity index (χ2n) is 6.90. The Bertz CT molecular complexity index is 595. The van der Waals surface area contributed by atoms with E-state index in [2.05, 4.69) is 36.2 Å². The molecule has 0 aliphatic heterocycles. The Morgan fingerprint density at radius 3 is 2.17 bits per heavy atom. The van der Waals surface area contributed by atoms with E-state index < -0.39 is 0 Å². The Balaban J connectivity index is 1.53. The van der Waals surface area contributed by atoms with Crippen LogP contribution in [0, 0.1) is 11.8 Å². The van der Waals surface area contributed by atoms with E-state index >= 15 is 0 Å². The highest BCUT2D eigenvalue weighted by Gasteiger charge is 2.19. The number of nitrogens with zero attached hydrogens (tertiary/aromatic N) is 1. The predicted molar refractivity (Wildman–Crippen MR) is 98.7 cm³/mol. The molecule has 0 unspecified atom stereocenters. The zero-order valence-electron chi connectivity index (χ0n) is 14.0. The van der Waals surface area contributed by atoms with Gasteiger partial charge in [0, 0.05) is 11.8 Å². The van der Waals surface area contributed by atoms with Gasteiger partial charge in [0.15, 0.2) is 0 Å². The van der Waals surface area contributed by atoms with Crippen molar-refractivity contribution in [1.29, 1.82) is 0 Å². The summed E-state index contributed by atoms with van der Waals surface area (Å²) in [6.07, 6.45) is 11.5. The minimum atomic E-state index is 0.545. The number of halogens is 1. The molecule has 0 saturated heterocycles. The van der Waals surface area contributed by atoms with Gasteiger partial charge in [-0.3, -0.25) is 0 Å². The number of benzene rings is 1. The first-order chi connectivity index (χ1) is 11.2. The maximum Gasteiger partial charge on any atom is 0.129 e. The van der Waals surface area contributed by atoms with Crippen LogP contribution in [0.15, 0.2) is 42.6 Å². The molecular weight excluding hydrogens is 302 g/mol. The summed E-state index contributed by atoms with van der Waals surface area (Å²) < 4.78 is 0. The minimum absolute atomic E-state index is 0.545. The maximum atomic E-state index is 5.85. The van der Waals surface area contributed by atoms with Crippen LogP contribution in [0.25, 0.3) is 11.1 Å². The molecule has 1 aromatic heterocycles. The van der Waals surface area contributed by atoms with Crippen LogP contribution in [-0.4, -0.2) is 4.98 Å². The van der Waals surface area contributed by atoms with Crippen molar-refractivity contribution in [2.45, 2.75) is 51.9 Å². The molecule has 1 aliphatic carbocycles. The van der Waals surface area contributed by atoms with Gasteiger partial charge in [-0.15, -0.1) is 0 Å². The van der Waals surface area contributed by atoms with Crippen molar-refractivity contribution >= 4 is 11.6 Å². The van der Waals surface area contributed by atoms with Gasteiger partial charge in [0.1, 0.15) is 5.15 Å². The molecular formula is C21H26ClN. The normalized spacial score (nSPS) is 21.3. The van der Waals surface area contributed by atoms with E-state index in [1.165, 1.54) is 56.1 Å². The van der Waals surface area contributed by atoms with Gasteiger partial charge in [-0.1, -0.05) is 74.9 Å². The molecule has 0 atom stereocenters. The van der Waals surface area contributed by atoms with Gasteiger partial charge in [-0.05, 0) is 47.9 Å². The summed E-state index contributed by atoms with van der Waals surface area (Å²) in [5, 5.41) is 0.545. The van der Waals surface area contributed by atoms with E-state index in [0.29, 0.717) is 5.15 Å². The van der Waals surface area contributed by atoms with Crippen LogP contribution < -0.4 is 0 Å². The summed E-state index contributed by atoms with van der Waals surface area (Å²) in [5.74, 6) is 1.94. The first-order valence-electron chi connectivity index (χ1n) is 8.95. The number of pyridine rings is 1. The highest BCUT2D eigenvalue weighted by molar-refractivity contribution is 6.29. The molecule has 1 fully saturated rings. The van der Waals surface area contributed by atoms with Crippen LogP contribution in [-0.2, 0) is 6.42 Å². The third-order valence-electron chi connectivity index (χ3n) is 5.40. The number of aromatic nitrogens is 1. The molecule has 1 aliphatic rings. The van der Waals surface area contributed by atoms with Crippen LogP contribution in [0.3, 0.4) is 0 Å². The largest absolute Gasteiger partial charge is 0.244 e. The molecule has 23 heavy (non-hydrogen) atoms. The van der Waals surface area contributed by atoms with Gasteiger partial charge < -0.3 is 0 Å². The third-order valence-corrected chi connectivity index (χ3v) is 5.62. The summed E-state index contributed by atoms with van der Waals surface area (Å²) in [6.45, 7) is 2.34. The molecule has 2 heteroatoms. The average molecular weight is 328 g/mol. The maximum absolute atomic E-state index is 5.85. The van der Waals surface area contributed by atoms with Crippen molar-refractivity contribution in [2.24, 2.45) is 11.8 Å². The molecule has 0 spiro atoms. The van der Waals surface area contributed by atoms with Gasteiger partial charge in [0.05, 0.1) is 0 Å². The van der Waals surface area contributed by atoms with Gasteiger partial charge in [0.2, 0.25) is 0 Å². The lowest BCUT2D eigenvalue weighted by molar-refractivity contribution is 0.259. The van der Waals surface area contributed by atoms with Crippen molar-refractivity contribution in [2.75, 3.05) is 0 Å². The van der Waals surface area contributed by atoms with Crippen LogP contribution in [0.5, 0.6) is 0 Å². The topological polar surface area (TPSA) is 12.9 Å². The second kappa shape index (κ2) is 7.97. The number of hydrogen-bond donors (Lipinski definition) is 0. The summed E-state index contributed by atoms with van der Waals surface area (Å²) in [6, 6.07) is 12.8. The lowest BCUT2D eigenvalue weighted by Gasteiger charge is -2.27. The summed E-state index contributed by atoms with van der Waals surface area (Å²) in [5.41, 5.74) is 3.79. The van der Waals surface area contributed by atoms with Gasteiger partial charge in [-0.2, -0.15) is 0 Å². The number of aryl methyl sites for hydroxylation is 1.